The number of benzene rings is 1. The van der Waals surface area contributed by atoms with Gasteiger partial charge in [-0.15, -0.1) is 0 Å². The minimum Gasteiger partial charge on any atom is -0.489 e. The van der Waals surface area contributed by atoms with Crippen LogP contribution in [0, 0.1) is 5.82 Å². The molecule has 1 aliphatic heterocycles. The van der Waals surface area contributed by atoms with E-state index in [4.69, 9.17) is 4.74 Å². The Balaban J connectivity index is 2.14. The zero-order valence-corrected chi connectivity index (χ0v) is 9.97. The third kappa shape index (κ3) is 2.33. The van der Waals surface area contributed by atoms with Crippen molar-refractivity contribution in [2.24, 2.45) is 0 Å². The van der Waals surface area contributed by atoms with E-state index >= 15 is 0 Å². The minimum absolute atomic E-state index is 0.0259. The van der Waals surface area contributed by atoms with Crippen LogP contribution in [-0.4, -0.2) is 29.3 Å². The van der Waals surface area contributed by atoms with Gasteiger partial charge in [0, 0.05) is 0 Å². The summed E-state index contributed by atoms with van der Waals surface area (Å²) in [4.78, 5) is 0. The fourth-order valence-electron chi connectivity index (χ4n) is 1.98. The van der Waals surface area contributed by atoms with Crippen LogP contribution in [0.1, 0.15) is 12.0 Å². The van der Waals surface area contributed by atoms with Crippen molar-refractivity contribution >= 4 is 11.8 Å². The first-order chi connectivity index (χ1) is 7.74. The Kier molecular flexibility index (Phi) is 3.71. The molecule has 0 aliphatic carbocycles. The number of hydrogen-bond donors (Lipinski definition) is 1. The molecule has 0 amide bonds. The summed E-state index contributed by atoms with van der Waals surface area (Å²) in [5, 5.41) is 9.31. The van der Waals surface area contributed by atoms with E-state index in [1.54, 1.807) is 17.8 Å². The highest BCUT2D eigenvalue weighted by molar-refractivity contribution is 7.99. The fourth-order valence-corrected chi connectivity index (χ4v) is 2.63. The number of fused-ring (bicyclic) bond motifs is 1. The second-order valence-electron chi connectivity index (χ2n) is 3.90. The van der Waals surface area contributed by atoms with E-state index in [9.17, 15) is 9.50 Å². The summed E-state index contributed by atoms with van der Waals surface area (Å²) in [6.45, 7) is 0.113. The lowest BCUT2D eigenvalue weighted by atomic mass is 10.0. The molecule has 1 aliphatic rings. The van der Waals surface area contributed by atoms with Crippen molar-refractivity contribution in [3.8, 4) is 5.75 Å². The number of thioether (sulfide) groups is 1. The lowest BCUT2D eigenvalue weighted by molar-refractivity contribution is 0.141. The molecular formula is C12H15FO2S. The van der Waals surface area contributed by atoms with Crippen LogP contribution in [0.2, 0.25) is 0 Å². The molecule has 16 heavy (non-hydrogen) atoms. The first-order valence-corrected chi connectivity index (χ1v) is 6.62. The quantitative estimate of drug-likeness (QED) is 0.881. The van der Waals surface area contributed by atoms with E-state index in [0.29, 0.717) is 0 Å². The summed E-state index contributed by atoms with van der Waals surface area (Å²) in [5.41, 5.74) is 0.925. The summed E-state index contributed by atoms with van der Waals surface area (Å²) >= 11 is 1.61. The lowest BCUT2D eigenvalue weighted by Gasteiger charge is -2.30. The second-order valence-corrected chi connectivity index (χ2v) is 4.98. The third-order valence-electron chi connectivity index (χ3n) is 2.90. The minimum atomic E-state index is -0.218. The van der Waals surface area contributed by atoms with Crippen LogP contribution in [0.3, 0.4) is 0 Å². The Bertz CT molecular complexity index is 366. The molecule has 0 spiro atoms. The number of hydrogen-bond acceptors (Lipinski definition) is 3. The summed E-state index contributed by atoms with van der Waals surface area (Å²) in [7, 11) is 0. The molecule has 0 saturated carbocycles. The van der Waals surface area contributed by atoms with Crippen molar-refractivity contribution in [2.45, 2.75) is 24.2 Å². The maximum absolute atomic E-state index is 13.0. The van der Waals surface area contributed by atoms with Gasteiger partial charge in [-0.3, -0.25) is 0 Å². The second kappa shape index (κ2) is 5.06. The molecule has 2 rings (SSSR count). The van der Waals surface area contributed by atoms with E-state index in [0.717, 1.165) is 24.2 Å². The average Bonchev–Trinajstić information content (AvgIpc) is 2.31. The van der Waals surface area contributed by atoms with Crippen molar-refractivity contribution in [3.05, 3.63) is 29.6 Å². The molecule has 4 heteroatoms. The number of halogens is 1. The van der Waals surface area contributed by atoms with Gasteiger partial charge in [0.1, 0.15) is 17.7 Å². The van der Waals surface area contributed by atoms with Gasteiger partial charge in [-0.05, 0) is 42.9 Å². The smallest absolute Gasteiger partial charge is 0.123 e. The topological polar surface area (TPSA) is 29.5 Å². The van der Waals surface area contributed by atoms with E-state index in [-0.39, 0.29) is 23.8 Å². The standard InChI is InChI=1S/C12H15FO2S/c1-16-12(7-14)11-4-2-8-6-9(13)3-5-10(8)15-11/h3,5-6,11-12,14H,2,4,7H2,1H3. The molecule has 0 aromatic heterocycles. The number of aryl methyl sites for hydroxylation is 1. The monoisotopic (exact) mass is 242 g/mol. The van der Waals surface area contributed by atoms with Crippen LogP contribution in [-0.2, 0) is 6.42 Å². The predicted octanol–water partition coefficient (Wildman–Crippen LogP) is 2.24. The van der Waals surface area contributed by atoms with Crippen LogP contribution in [0.4, 0.5) is 4.39 Å². The maximum Gasteiger partial charge on any atom is 0.123 e. The highest BCUT2D eigenvalue weighted by atomic mass is 32.2. The number of aliphatic hydroxyl groups is 1. The van der Waals surface area contributed by atoms with E-state index in [2.05, 4.69) is 0 Å². The van der Waals surface area contributed by atoms with Gasteiger partial charge in [0.15, 0.2) is 0 Å². The Morgan fingerprint density at radius 2 is 2.44 bits per heavy atom. The molecule has 0 radical (unpaired) electrons. The Morgan fingerprint density at radius 3 is 3.12 bits per heavy atom. The number of ether oxygens (including phenoxy) is 1. The normalized spacial score (nSPS) is 21.1. The zero-order chi connectivity index (χ0) is 11.5. The van der Waals surface area contributed by atoms with Crippen LogP contribution in [0.25, 0.3) is 0 Å². The fraction of sp³-hybridized carbons (Fsp3) is 0.500. The van der Waals surface area contributed by atoms with E-state index in [1.165, 1.54) is 12.1 Å². The number of aliphatic hydroxyl groups excluding tert-OH is 1. The summed E-state index contributed by atoms with van der Waals surface area (Å²) in [6.07, 6.45) is 3.64. The first kappa shape index (κ1) is 11.7. The molecule has 0 fully saturated rings. The molecule has 1 aromatic rings. The van der Waals surface area contributed by atoms with Gasteiger partial charge in [0.05, 0.1) is 11.9 Å². The third-order valence-corrected chi connectivity index (χ3v) is 3.95. The highest BCUT2D eigenvalue weighted by Gasteiger charge is 2.26. The molecule has 0 bridgehead atoms. The molecular weight excluding hydrogens is 227 g/mol. The SMILES string of the molecule is CSC(CO)C1CCc2cc(F)ccc2O1. The van der Waals surface area contributed by atoms with Crippen LogP contribution in [0.5, 0.6) is 5.75 Å². The molecule has 2 atom stereocenters. The largest absolute Gasteiger partial charge is 0.489 e. The van der Waals surface area contributed by atoms with Gasteiger partial charge in [0.25, 0.3) is 0 Å². The summed E-state index contributed by atoms with van der Waals surface area (Å²) in [5.74, 6) is 0.537. The van der Waals surface area contributed by atoms with Gasteiger partial charge in [0.2, 0.25) is 0 Å². The molecule has 1 heterocycles. The predicted molar refractivity (Wildman–Crippen MR) is 63.5 cm³/mol. The molecule has 2 nitrogen and oxygen atoms in total. The number of rotatable bonds is 3. The molecule has 0 saturated heterocycles. The Morgan fingerprint density at radius 1 is 1.62 bits per heavy atom. The van der Waals surface area contributed by atoms with E-state index in [1.807, 2.05) is 6.26 Å². The lowest BCUT2D eigenvalue weighted by Crippen LogP contribution is -2.35. The van der Waals surface area contributed by atoms with Crippen LogP contribution < -0.4 is 4.74 Å². The van der Waals surface area contributed by atoms with Crippen molar-refractivity contribution in [2.75, 3.05) is 12.9 Å². The molecule has 1 aromatic carbocycles. The molecule has 88 valence electrons. The van der Waals surface area contributed by atoms with Gasteiger partial charge in [-0.2, -0.15) is 11.8 Å². The summed E-state index contributed by atoms with van der Waals surface area (Å²) in [6, 6.07) is 4.61. The van der Waals surface area contributed by atoms with Crippen molar-refractivity contribution < 1.29 is 14.2 Å². The highest BCUT2D eigenvalue weighted by Crippen LogP contribution is 2.31. The summed E-state index contributed by atoms with van der Waals surface area (Å²) < 4.78 is 18.8. The van der Waals surface area contributed by atoms with Gasteiger partial charge in [-0.25, -0.2) is 4.39 Å². The van der Waals surface area contributed by atoms with Crippen molar-refractivity contribution in [1.29, 1.82) is 0 Å². The first-order valence-electron chi connectivity index (χ1n) is 5.33. The van der Waals surface area contributed by atoms with E-state index < -0.39 is 0 Å². The van der Waals surface area contributed by atoms with Gasteiger partial charge >= 0.3 is 0 Å². The maximum atomic E-state index is 13.0. The molecule has 2 unspecified atom stereocenters. The molecule has 1 N–H and O–H groups in total. The van der Waals surface area contributed by atoms with Gasteiger partial charge < -0.3 is 9.84 Å². The Labute approximate surface area is 98.8 Å². The Hall–Kier alpha value is -0.740. The zero-order valence-electron chi connectivity index (χ0n) is 9.15. The van der Waals surface area contributed by atoms with Gasteiger partial charge in [-0.1, -0.05) is 0 Å². The van der Waals surface area contributed by atoms with Crippen LogP contribution >= 0.6 is 11.8 Å². The van der Waals surface area contributed by atoms with Crippen molar-refractivity contribution in [1.82, 2.24) is 0 Å². The average molecular weight is 242 g/mol. The van der Waals surface area contributed by atoms with Crippen molar-refractivity contribution in [3.63, 3.8) is 0 Å². The van der Waals surface area contributed by atoms with Crippen LogP contribution in [0.15, 0.2) is 18.2 Å².